The Kier molecular flexibility index (Phi) is 6.34. The molecule has 8 heteroatoms. The zero-order valence-electron chi connectivity index (χ0n) is 16.8. The van der Waals surface area contributed by atoms with Gasteiger partial charge in [-0.2, -0.15) is 0 Å². The molecule has 1 heterocycles. The Morgan fingerprint density at radius 3 is 2.27 bits per heavy atom. The van der Waals surface area contributed by atoms with Crippen LogP contribution in [0, 0.1) is 10.1 Å². The summed E-state index contributed by atoms with van der Waals surface area (Å²) >= 11 is 0. The lowest BCUT2D eigenvalue weighted by Gasteiger charge is -2.33. The zero-order valence-corrected chi connectivity index (χ0v) is 16.8. The second-order valence-corrected chi connectivity index (χ2v) is 7.64. The number of carboxylic acid groups (broad SMARTS) is 1. The van der Waals surface area contributed by atoms with E-state index in [1.54, 1.807) is 18.2 Å². The molecule has 30 heavy (non-hydrogen) atoms. The third-order valence-corrected chi connectivity index (χ3v) is 5.73. The number of carbonyl (C=O) groups excluding carboxylic acids is 1. The number of nitro benzene ring substituents is 1. The monoisotopic (exact) mass is 411 g/mol. The normalized spacial score (nSPS) is 16.0. The van der Waals surface area contributed by atoms with Crippen LogP contribution in [-0.2, 0) is 4.79 Å². The maximum absolute atomic E-state index is 12.4. The number of carbonyl (C=O) groups is 2. The van der Waals surface area contributed by atoms with Gasteiger partial charge in [0.2, 0.25) is 5.91 Å². The fourth-order valence-electron chi connectivity index (χ4n) is 4.15. The molecule has 0 aromatic heterocycles. The van der Waals surface area contributed by atoms with E-state index in [4.69, 9.17) is 10.8 Å². The van der Waals surface area contributed by atoms with Crippen molar-refractivity contribution in [2.24, 2.45) is 5.73 Å². The van der Waals surface area contributed by atoms with Gasteiger partial charge in [-0.25, -0.2) is 4.79 Å². The molecule has 0 aliphatic carbocycles. The maximum atomic E-state index is 12.4. The predicted octanol–water partition coefficient (Wildman–Crippen LogP) is 3.66. The predicted molar refractivity (Wildman–Crippen MR) is 113 cm³/mol. The van der Waals surface area contributed by atoms with Crippen molar-refractivity contribution in [1.29, 1.82) is 0 Å². The van der Waals surface area contributed by atoms with Crippen LogP contribution < -0.4 is 10.6 Å². The number of nitrogens with two attached hydrogens (primary N) is 1. The summed E-state index contributed by atoms with van der Waals surface area (Å²) in [6, 6.07) is 10.8. The van der Waals surface area contributed by atoms with Crippen LogP contribution >= 0.6 is 0 Å². The van der Waals surface area contributed by atoms with Gasteiger partial charge in [0.15, 0.2) is 0 Å². The molecule has 8 nitrogen and oxygen atoms in total. The summed E-state index contributed by atoms with van der Waals surface area (Å²) < 4.78 is 0. The van der Waals surface area contributed by atoms with Gasteiger partial charge in [0, 0.05) is 30.9 Å². The van der Waals surface area contributed by atoms with Crippen molar-refractivity contribution in [2.75, 3.05) is 18.0 Å². The van der Waals surface area contributed by atoms with Crippen molar-refractivity contribution in [2.45, 2.75) is 38.0 Å². The molecule has 2 aromatic rings. The molecular formula is C22H25N3O5. The molecule has 1 fully saturated rings. The molecule has 0 spiro atoms. The number of piperidine rings is 1. The van der Waals surface area contributed by atoms with Crippen LogP contribution in [0.4, 0.5) is 11.4 Å². The molecule has 158 valence electrons. The minimum absolute atomic E-state index is 0.0398. The largest absolute Gasteiger partial charge is 0.478 e. The van der Waals surface area contributed by atoms with Gasteiger partial charge in [0.1, 0.15) is 0 Å². The van der Waals surface area contributed by atoms with Crippen molar-refractivity contribution < 1.29 is 19.6 Å². The highest BCUT2D eigenvalue weighted by Crippen LogP contribution is 2.40. The lowest BCUT2D eigenvalue weighted by Crippen LogP contribution is -2.32. The molecule has 1 aliphatic rings. The van der Waals surface area contributed by atoms with Crippen LogP contribution in [-0.4, -0.2) is 35.0 Å². The summed E-state index contributed by atoms with van der Waals surface area (Å²) in [6.45, 7) is 3.53. The van der Waals surface area contributed by atoms with Crippen molar-refractivity contribution in [1.82, 2.24) is 0 Å². The van der Waals surface area contributed by atoms with Gasteiger partial charge in [0.05, 0.1) is 16.4 Å². The molecule has 3 N–H and O–H groups in total. The SMILES string of the molecule is CC(c1cc([N+](=O)[O-])ccc1N1CCCCC1)[C@H](C(N)=O)c1ccc(C(=O)O)cc1. The molecule has 2 aromatic carbocycles. The molecule has 1 aliphatic heterocycles. The molecule has 0 bridgehead atoms. The van der Waals surface area contributed by atoms with Gasteiger partial charge in [0.25, 0.3) is 5.69 Å². The van der Waals surface area contributed by atoms with Crippen LogP contribution in [0.25, 0.3) is 0 Å². The van der Waals surface area contributed by atoms with Crippen molar-refractivity contribution in [3.8, 4) is 0 Å². The van der Waals surface area contributed by atoms with Crippen molar-refractivity contribution in [3.05, 3.63) is 69.3 Å². The van der Waals surface area contributed by atoms with Gasteiger partial charge in [-0.3, -0.25) is 14.9 Å². The van der Waals surface area contributed by atoms with Crippen LogP contribution in [0.1, 0.15) is 59.5 Å². The smallest absolute Gasteiger partial charge is 0.335 e. The first-order chi connectivity index (χ1) is 14.3. The molecule has 0 radical (unpaired) electrons. The van der Waals surface area contributed by atoms with Gasteiger partial charge in [-0.1, -0.05) is 19.1 Å². The lowest BCUT2D eigenvalue weighted by molar-refractivity contribution is -0.384. The molecule has 0 saturated carbocycles. The van der Waals surface area contributed by atoms with Crippen LogP contribution in [0.15, 0.2) is 42.5 Å². The summed E-state index contributed by atoms with van der Waals surface area (Å²) in [5.74, 6) is -2.81. The molecular weight excluding hydrogens is 386 g/mol. The van der Waals surface area contributed by atoms with E-state index in [0.717, 1.165) is 38.0 Å². The lowest BCUT2D eigenvalue weighted by atomic mass is 9.80. The Morgan fingerprint density at radius 2 is 1.73 bits per heavy atom. The summed E-state index contributed by atoms with van der Waals surface area (Å²) in [4.78, 5) is 36.7. The first-order valence-electron chi connectivity index (χ1n) is 9.95. The van der Waals surface area contributed by atoms with Crippen molar-refractivity contribution >= 4 is 23.3 Å². The van der Waals surface area contributed by atoms with Crippen LogP contribution in [0.2, 0.25) is 0 Å². The minimum atomic E-state index is -1.06. The fraction of sp³-hybridized carbons (Fsp3) is 0.364. The van der Waals surface area contributed by atoms with Gasteiger partial charge >= 0.3 is 5.97 Å². The Morgan fingerprint density at radius 1 is 1.10 bits per heavy atom. The number of non-ortho nitro benzene ring substituents is 1. The molecule has 1 saturated heterocycles. The van der Waals surface area contributed by atoms with Gasteiger partial charge in [-0.15, -0.1) is 0 Å². The Labute approximate surface area is 174 Å². The summed E-state index contributed by atoms with van der Waals surface area (Å²) in [7, 11) is 0. The van der Waals surface area contributed by atoms with Crippen LogP contribution in [0.5, 0.6) is 0 Å². The number of carboxylic acids is 1. The minimum Gasteiger partial charge on any atom is -0.478 e. The quantitative estimate of drug-likeness (QED) is 0.529. The second-order valence-electron chi connectivity index (χ2n) is 7.64. The van der Waals surface area contributed by atoms with Gasteiger partial charge in [-0.05, 0) is 54.5 Å². The number of anilines is 1. The topological polar surface area (TPSA) is 127 Å². The number of primary amides is 1. The number of aromatic carboxylic acids is 1. The first kappa shape index (κ1) is 21.3. The van der Waals surface area contributed by atoms with E-state index in [0.29, 0.717) is 11.1 Å². The highest BCUT2D eigenvalue weighted by atomic mass is 16.6. The highest BCUT2D eigenvalue weighted by molar-refractivity contribution is 5.88. The Hall–Kier alpha value is -3.42. The number of nitrogens with zero attached hydrogens (tertiary/aromatic N) is 2. The second kappa shape index (κ2) is 8.94. The van der Waals surface area contributed by atoms with E-state index in [1.165, 1.54) is 24.3 Å². The number of rotatable bonds is 7. The van der Waals surface area contributed by atoms with Crippen molar-refractivity contribution in [3.63, 3.8) is 0 Å². The van der Waals surface area contributed by atoms with E-state index >= 15 is 0 Å². The molecule has 1 amide bonds. The number of amides is 1. The van der Waals surface area contributed by atoms with E-state index in [-0.39, 0.29) is 11.3 Å². The number of hydrogen-bond donors (Lipinski definition) is 2. The first-order valence-corrected chi connectivity index (χ1v) is 9.95. The van der Waals surface area contributed by atoms with E-state index in [2.05, 4.69) is 4.90 Å². The maximum Gasteiger partial charge on any atom is 0.335 e. The molecule has 3 rings (SSSR count). The van der Waals surface area contributed by atoms with E-state index in [1.807, 2.05) is 6.92 Å². The number of benzene rings is 2. The number of nitro groups is 1. The summed E-state index contributed by atoms with van der Waals surface area (Å²) in [5, 5.41) is 20.5. The average molecular weight is 411 g/mol. The molecule has 1 unspecified atom stereocenters. The fourth-order valence-corrected chi connectivity index (χ4v) is 4.15. The third-order valence-electron chi connectivity index (χ3n) is 5.73. The van der Waals surface area contributed by atoms with E-state index in [9.17, 15) is 19.7 Å². The summed E-state index contributed by atoms with van der Waals surface area (Å²) in [5.41, 5.74) is 7.95. The molecule has 2 atom stereocenters. The average Bonchev–Trinajstić information content (AvgIpc) is 2.74. The third kappa shape index (κ3) is 4.42. The van der Waals surface area contributed by atoms with Crippen LogP contribution in [0.3, 0.4) is 0 Å². The zero-order chi connectivity index (χ0) is 21.8. The Bertz CT molecular complexity index is 952. The number of hydrogen-bond acceptors (Lipinski definition) is 5. The summed E-state index contributed by atoms with van der Waals surface area (Å²) in [6.07, 6.45) is 3.23. The van der Waals surface area contributed by atoms with E-state index < -0.39 is 28.6 Å². The Balaban J connectivity index is 2.05. The van der Waals surface area contributed by atoms with Gasteiger partial charge < -0.3 is 15.7 Å². The standard InChI is InChI=1S/C22H25N3O5/c1-14(20(21(23)26)15-5-7-16(8-6-15)22(27)28)18-13-17(25(29)30)9-10-19(18)24-11-3-2-4-12-24/h5-10,13-14,20H,2-4,11-12H2,1H3,(H2,23,26)(H,27,28)/t14?,20-/m0/s1. The highest BCUT2D eigenvalue weighted by Gasteiger charge is 2.30.